The van der Waals surface area contributed by atoms with Crippen molar-refractivity contribution in [1.82, 2.24) is 14.9 Å². The maximum atomic E-state index is 13.1. The Morgan fingerprint density at radius 1 is 1.20 bits per heavy atom. The highest BCUT2D eigenvalue weighted by Crippen LogP contribution is 2.35. The summed E-state index contributed by atoms with van der Waals surface area (Å²) < 4.78 is 5.80. The first-order valence-electron chi connectivity index (χ1n) is 13.1. The van der Waals surface area contributed by atoms with Crippen LogP contribution in [0.4, 0.5) is 0 Å². The van der Waals surface area contributed by atoms with Crippen LogP contribution in [0, 0.1) is 5.92 Å². The molecule has 0 spiro atoms. The van der Waals surface area contributed by atoms with E-state index in [1.807, 2.05) is 30.3 Å². The molecule has 5 rings (SSSR count). The summed E-state index contributed by atoms with van der Waals surface area (Å²) in [5.41, 5.74) is 2.32. The van der Waals surface area contributed by atoms with Crippen LogP contribution in [0.15, 0.2) is 35.1 Å². The third-order valence-electron chi connectivity index (χ3n) is 7.53. The number of hydrogen-bond donors (Lipinski definition) is 2. The van der Waals surface area contributed by atoms with Gasteiger partial charge in [0.05, 0.1) is 31.2 Å². The minimum absolute atomic E-state index is 0.00705. The Morgan fingerprint density at radius 3 is 2.80 bits per heavy atom. The molecule has 188 valence electrons. The maximum absolute atomic E-state index is 13.1. The van der Waals surface area contributed by atoms with Gasteiger partial charge in [-0.25, -0.2) is 4.98 Å². The van der Waals surface area contributed by atoms with E-state index < -0.39 is 6.10 Å². The molecular weight excluding hydrogens is 458 g/mol. The van der Waals surface area contributed by atoms with Gasteiger partial charge < -0.3 is 14.8 Å². The van der Waals surface area contributed by atoms with Crippen LogP contribution in [0.5, 0.6) is 0 Å². The van der Waals surface area contributed by atoms with Gasteiger partial charge in [-0.3, -0.25) is 9.69 Å². The summed E-state index contributed by atoms with van der Waals surface area (Å²) in [5, 5.41) is 11.6. The van der Waals surface area contributed by atoms with Crippen molar-refractivity contribution in [3.05, 3.63) is 62.5 Å². The standard InChI is InChI=1S/C28H37N3O3S/c1-19-12-13-23-24(14-19)35-28-26(23)27(33)29-25(30-28)16-31(21-10-6-3-7-11-21)15-22(32)18-34-17-20-8-4-2-5-9-20/h2,4-5,8-9,19,21-22,32H,3,6-7,10-18H2,1H3,(H,29,30,33)/t19-,22-/m0/s1. The van der Waals surface area contributed by atoms with Crippen molar-refractivity contribution in [3.63, 3.8) is 0 Å². The van der Waals surface area contributed by atoms with E-state index in [9.17, 15) is 9.90 Å². The molecule has 0 amide bonds. The predicted octanol–water partition coefficient (Wildman–Crippen LogP) is 4.82. The fourth-order valence-corrected chi connectivity index (χ4v) is 7.06. The van der Waals surface area contributed by atoms with Crippen molar-refractivity contribution in [2.45, 2.75) is 83.6 Å². The zero-order valence-electron chi connectivity index (χ0n) is 20.7. The zero-order chi connectivity index (χ0) is 24.2. The minimum atomic E-state index is -0.591. The van der Waals surface area contributed by atoms with E-state index in [1.54, 1.807) is 11.3 Å². The fourth-order valence-electron chi connectivity index (χ4n) is 5.66. The molecule has 1 aromatic carbocycles. The Balaban J connectivity index is 1.29. The van der Waals surface area contributed by atoms with Crippen LogP contribution in [-0.4, -0.2) is 45.3 Å². The van der Waals surface area contributed by atoms with Crippen molar-refractivity contribution in [2.24, 2.45) is 5.92 Å². The smallest absolute Gasteiger partial charge is 0.259 e. The molecule has 35 heavy (non-hydrogen) atoms. The topological polar surface area (TPSA) is 78.5 Å². The van der Waals surface area contributed by atoms with Crippen LogP contribution in [0.3, 0.4) is 0 Å². The van der Waals surface area contributed by atoms with Crippen molar-refractivity contribution in [3.8, 4) is 0 Å². The van der Waals surface area contributed by atoms with E-state index in [0.717, 1.165) is 47.9 Å². The molecular formula is C28H37N3O3S. The summed E-state index contributed by atoms with van der Waals surface area (Å²) in [6.07, 6.45) is 8.50. The summed E-state index contributed by atoms with van der Waals surface area (Å²) >= 11 is 1.70. The van der Waals surface area contributed by atoms with Crippen LogP contribution in [0.1, 0.15) is 67.3 Å². The van der Waals surface area contributed by atoms with Gasteiger partial charge in [-0.2, -0.15) is 0 Å². The molecule has 1 saturated carbocycles. The zero-order valence-corrected chi connectivity index (χ0v) is 21.5. The van der Waals surface area contributed by atoms with Gasteiger partial charge in [0, 0.05) is 17.5 Å². The van der Waals surface area contributed by atoms with Crippen molar-refractivity contribution >= 4 is 21.6 Å². The number of thiophene rings is 1. The molecule has 2 aliphatic rings. The highest BCUT2D eigenvalue weighted by atomic mass is 32.1. The summed E-state index contributed by atoms with van der Waals surface area (Å²) in [7, 11) is 0. The van der Waals surface area contributed by atoms with E-state index >= 15 is 0 Å². The molecule has 3 aromatic rings. The number of aryl methyl sites for hydroxylation is 1. The van der Waals surface area contributed by atoms with E-state index in [4.69, 9.17) is 9.72 Å². The number of fused-ring (bicyclic) bond motifs is 3. The van der Waals surface area contributed by atoms with Gasteiger partial charge in [-0.05, 0) is 49.1 Å². The first-order chi connectivity index (χ1) is 17.1. The number of ether oxygens (including phenoxy) is 1. The molecule has 0 unspecified atom stereocenters. The Morgan fingerprint density at radius 2 is 2.00 bits per heavy atom. The lowest BCUT2D eigenvalue weighted by atomic mass is 9.89. The van der Waals surface area contributed by atoms with Crippen LogP contribution >= 0.6 is 11.3 Å². The average Bonchev–Trinajstić information content (AvgIpc) is 3.22. The number of aromatic nitrogens is 2. The summed E-state index contributed by atoms with van der Waals surface area (Å²) in [6.45, 7) is 4.13. The number of nitrogens with one attached hydrogen (secondary N) is 1. The number of aliphatic hydroxyl groups is 1. The molecule has 2 N–H and O–H groups in total. The van der Waals surface area contributed by atoms with Crippen LogP contribution < -0.4 is 5.56 Å². The lowest BCUT2D eigenvalue weighted by Gasteiger charge is -2.35. The fraction of sp³-hybridized carbons (Fsp3) is 0.571. The SMILES string of the molecule is C[C@H]1CCc2c(sc3nc(CN(C[C@H](O)COCc4ccccc4)C4CCCCC4)[nH]c(=O)c23)C1. The number of H-pyrrole nitrogens is 1. The molecule has 0 bridgehead atoms. The van der Waals surface area contributed by atoms with Crippen LogP contribution in [0.25, 0.3) is 10.2 Å². The van der Waals surface area contributed by atoms with Gasteiger partial charge in [0.15, 0.2) is 0 Å². The Bertz CT molecular complexity index is 1170. The molecule has 7 heteroatoms. The molecule has 1 fully saturated rings. The van der Waals surface area contributed by atoms with E-state index in [1.165, 1.54) is 29.7 Å². The highest BCUT2D eigenvalue weighted by Gasteiger charge is 2.26. The third kappa shape index (κ3) is 6.02. The number of hydrogen-bond acceptors (Lipinski definition) is 6. The first-order valence-corrected chi connectivity index (χ1v) is 14.0. The molecule has 2 heterocycles. The van der Waals surface area contributed by atoms with E-state index in [0.29, 0.717) is 37.5 Å². The van der Waals surface area contributed by atoms with E-state index in [-0.39, 0.29) is 12.2 Å². The van der Waals surface area contributed by atoms with Gasteiger partial charge in [0.1, 0.15) is 10.7 Å². The number of rotatable bonds is 9. The monoisotopic (exact) mass is 495 g/mol. The highest BCUT2D eigenvalue weighted by molar-refractivity contribution is 7.18. The Hall–Kier alpha value is -2.06. The molecule has 2 atom stereocenters. The Labute approximate surface area is 211 Å². The van der Waals surface area contributed by atoms with Crippen molar-refractivity contribution in [1.29, 1.82) is 0 Å². The predicted molar refractivity (Wildman–Crippen MR) is 141 cm³/mol. The first kappa shape index (κ1) is 24.6. The van der Waals surface area contributed by atoms with Gasteiger partial charge in [0.2, 0.25) is 0 Å². The second kappa shape index (κ2) is 11.3. The lowest BCUT2D eigenvalue weighted by molar-refractivity contribution is -0.00393. The van der Waals surface area contributed by atoms with Crippen molar-refractivity contribution in [2.75, 3.05) is 13.2 Å². The molecule has 2 aliphatic carbocycles. The third-order valence-corrected chi connectivity index (χ3v) is 8.67. The van der Waals surface area contributed by atoms with Crippen molar-refractivity contribution < 1.29 is 9.84 Å². The molecule has 2 aromatic heterocycles. The largest absolute Gasteiger partial charge is 0.389 e. The number of nitrogens with zero attached hydrogens (tertiary/aromatic N) is 2. The van der Waals surface area contributed by atoms with Gasteiger partial charge in [0.25, 0.3) is 5.56 Å². The minimum Gasteiger partial charge on any atom is -0.389 e. The molecule has 0 aliphatic heterocycles. The lowest BCUT2D eigenvalue weighted by Crippen LogP contribution is -2.43. The van der Waals surface area contributed by atoms with Gasteiger partial charge in [-0.15, -0.1) is 11.3 Å². The maximum Gasteiger partial charge on any atom is 0.259 e. The summed E-state index contributed by atoms with van der Waals surface area (Å²) in [4.78, 5) is 25.6. The molecule has 0 radical (unpaired) electrons. The normalized spacial score (nSPS) is 19.8. The number of aliphatic hydroxyl groups excluding tert-OH is 1. The molecule has 0 saturated heterocycles. The quantitative estimate of drug-likeness (QED) is 0.445. The summed E-state index contributed by atoms with van der Waals surface area (Å²) in [5.74, 6) is 1.37. The van der Waals surface area contributed by atoms with E-state index in [2.05, 4.69) is 16.8 Å². The van der Waals surface area contributed by atoms with Gasteiger partial charge >= 0.3 is 0 Å². The second-order valence-corrected chi connectivity index (χ2v) is 11.5. The van der Waals surface area contributed by atoms with Gasteiger partial charge in [-0.1, -0.05) is 56.5 Å². The van der Waals surface area contributed by atoms with Crippen LogP contribution in [-0.2, 0) is 30.7 Å². The van der Waals surface area contributed by atoms with Crippen LogP contribution in [0.2, 0.25) is 0 Å². The Kier molecular flexibility index (Phi) is 7.97. The summed E-state index contributed by atoms with van der Waals surface area (Å²) in [6, 6.07) is 10.4. The molecule has 6 nitrogen and oxygen atoms in total. The number of aromatic amines is 1. The number of benzene rings is 1. The average molecular weight is 496 g/mol. The second-order valence-electron chi connectivity index (χ2n) is 10.4.